The first kappa shape index (κ1) is 17.4. The largest absolute Gasteiger partial charge is 0.366 e. The number of para-hydroxylation sites is 1. The fourth-order valence-corrected chi connectivity index (χ4v) is 3.51. The van der Waals surface area contributed by atoms with Crippen molar-refractivity contribution in [3.63, 3.8) is 0 Å². The van der Waals surface area contributed by atoms with Crippen molar-refractivity contribution >= 4 is 28.8 Å². The van der Waals surface area contributed by atoms with Gasteiger partial charge in [0.25, 0.3) is 5.91 Å². The molecule has 2 aromatic rings. The summed E-state index contributed by atoms with van der Waals surface area (Å²) in [6.45, 7) is 3.84. The molecule has 1 aromatic heterocycles. The number of thiophene rings is 1. The second kappa shape index (κ2) is 7.65. The minimum Gasteiger partial charge on any atom is -0.366 e. The van der Waals surface area contributed by atoms with Crippen LogP contribution in [0.25, 0.3) is 0 Å². The molecule has 1 fully saturated rings. The third-order valence-corrected chi connectivity index (χ3v) is 5.12. The van der Waals surface area contributed by atoms with Crippen LogP contribution in [0, 0.1) is 5.82 Å². The van der Waals surface area contributed by atoms with E-state index >= 15 is 0 Å². The van der Waals surface area contributed by atoms with Crippen LogP contribution >= 0.6 is 11.3 Å². The van der Waals surface area contributed by atoms with Gasteiger partial charge in [-0.25, -0.2) is 4.39 Å². The van der Waals surface area contributed by atoms with Gasteiger partial charge in [0.2, 0.25) is 5.91 Å². The van der Waals surface area contributed by atoms with Crippen molar-refractivity contribution in [1.82, 2.24) is 10.2 Å². The number of piperazine rings is 1. The molecule has 1 aliphatic rings. The van der Waals surface area contributed by atoms with E-state index in [1.165, 1.54) is 17.4 Å². The van der Waals surface area contributed by atoms with E-state index in [0.29, 0.717) is 36.7 Å². The smallest absolute Gasteiger partial charge is 0.261 e. The normalized spacial score (nSPS) is 15.8. The Bertz CT molecular complexity index is 743. The first-order valence-corrected chi connectivity index (χ1v) is 9.07. The fraction of sp³-hybridized carbons (Fsp3) is 0.333. The Balaban J connectivity index is 1.54. The van der Waals surface area contributed by atoms with Crippen molar-refractivity contribution in [2.24, 2.45) is 0 Å². The molecule has 1 N–H and O–H groups in total. The molecule has 1 unspecified atom stereocenters. The highest BCUT2D eigenvalue weighted by Gasteiger charge is 2.27. The molecule has 0 radical (unpaired) electrons. The molecule has 3 rings (SSSR count). The van der Waals surface area contributed by atoms with Crippen molar-refractivity contribution in [2.75, 3.05) is 31.1 Å². The summed E-state index contributed by atoms with van der Waals surface area (Å²) in [5.74, 6) is -0.599. The lowest BCUT2D eigenvalue weighted by Crippen LogP contribution is -2.54. The van der Waals surface area contributed by atoms with Crippen LogP contribution in [0.1, 0.15) is 16.6 Å². The molecule has 0 spiro atoms. The topological polar surface area (TPSA) is 52.7 Å². The number of hydrogen-bond acceptors (Lipinski definition) is 4. The molecule has 2 amide bonds. The summed E-state index contributed by atoms with van der Waals surface area (Å²) in [7, 11) is 0. The van der Waals surface area contributed by atoms with E-state index in [9.17, 15) is 14.0 Å². The average molecular weight is 361 g/mol. The van der Waals surface area contributed by atoms with Crippen molar-refractivity contribution in [1.29, 1.82) is 0 Å². The van der Waals surface area contributed by atoms with Gasteiger partial charge in [0.05, 0.1) is 10.6 Å². The SMILES string of the molecule is CC(NC(=O)c1cccs1)C(=O)N1CCN(c2ccccc2F)CC1. The summed E-state index contributed by atoms with van der Waals surface area (Å²) >= 11 is 1.34. The van der Waals surface area contributed by atoms with Gasteiger partial charge < -0.3 is 15.1 Å². The molecule has 0 bridgehead atoms. The second-order valence-corrected chi connectivity index (χ2v) is 6.88. The summed E-state index contributed by atoms with van der Waals surface area (Å²) in [5, 5.41) is 4.56. The van der Waals surface area contributed by atoms with Crippen LogP contribution in [0.5, 0.6) is 0 Å². The average Bonchev–Trinajstić information content (AvgIpc) is 3.16. The maximum atomic E-state index is 13.9. The number of halogens is 1. The van der Waals surface area contributed by atoms with E-state index in [1.807, 2.05) is 10.3 Å². The number of benzene rings is 1. The van der Waals surface area contributed by atoms with Crippen LogP contribution in [0.2, 0.25) is 0 Å². The number of carbonyl (C=O) groups excluding carboxylic acids is 2. The predicted molar refractivity (Wildman–Crippen MR) is 96.4 cm³/mol. The third kappa shape index (κ3) is 3.99. The quantitative estimate of drug-likeness (QED) is 0.910. The first-order valence-electron chi connectivity index (χ1n) is 8.19. The van der Waals surface area contributed by atoms with E-state index in [2.05, 4.69) is 5.32 Å². The summed E-state index contributed by atoms with van der Waals surface area (Å²) < 4.78 is 13.9. The molecule has 7 heteroatoms. The van der Waals surface area contributed by atoms with E-state index < -0.39 is 6.04 Å². The molecule has 1 aliphatic heterocycles. The lowest BCUT2D eigenvalue weighted by Gasteiger charge is -2.37. The monoisotopic (exact) mass is 361 g/mol. The first-order chi connectivity index (χ1) is 12.1. The number of hydrogen-bond donors (Lipinski definition) is 1. The van der Waals surface area contributed by atoms with Gasteiger partial charge in [0, 0.05) is 26.2 Å². The molecule has 25 heavy (non-hydrogen) atoms. The highest BCUT2D eigenvalue weighted by atomic mass is 32.1. The molecule has 0 aliphatic carbocycles. The number of nitrogens with zero attached hydrogens (tertiary/aromatic N) is 2. The summed E-state index contributed by atoms with van der Waals surface area (Å²) in [4.78, 5) is 28.8. The molecular weight excluding hydrogens is 341 g/mol. The van der Waals surface area contributed by atoms with E-state index in [1.54, 1.807) is 42.2 Å². The molecule has 132 valence electrons. The maximum Gasteiger partial charge on any atom is 0.261 e. The molecule has 0 saturated carbocycles. The standard InChI is InChI=1S/C18H20FN3O2S/c1-13(20-17(23)16-7-4-12-25-16)18(24)22-10-8-21(9-11-22)15-6-3-2-5-14(15)19/h2-7,12-13H,8-11H2,1H3,(H,20,23). The van der Waals surface area contributed by atoms with E-state index in [-0.39, 0.29) is 17.6 Å². The number of carbonyl (C=O) groups is 2. The minimum absolute atomic E-state index is 0.113. The second-order valence-electron chi connectivity index (χ2n) is 5.94. The van der Waals surface area contributed by atoms with E-state index in [0.717, 1.165) is 0 Å². The summed E-state index contributed by atoms with van der Waals surface area (Å²) in [6, 6.07) is 9.59. The van der Waals surface area contributed by atoms with Crippen molar-refractivity contribution in [2.45, 2.75) is 13.0 Å². The van der Waals surface area contributed by atoms with Crippen LogP contribution in [-0.4, -0.2) is 48.9 Å². The maximum absolute atomic E-state index is 13.9. The van der Waals surface area contributed by atoms with Crippen LogP contribution in [0.15, 0.2) is 41.8 Å². The molecule has 5 nitrogen and oxygen atoms in total. The Kier molecular flexibility index (Phi) is 5.33. The third-order valence-electron chi connectivity index (χ3n) is 4.25. The Hall–Kier alpha value is -2.41. The number of rotatable bonds is 4. The van der Waals surface area contributed by atoms with Gasteiger partial charge in [-0.2, -0.15) is 0 Å². The molecule has 1 saturated heterocycles. The zero-order valence-corrected chi connectivity index (χ0v) is 14.8. The molecule has 2 heterocycles. The van der Waals surface area contributed by atoms with Crippen molar-refractivity contribution in [3.05, 3.63) is 52.5 Å². The van der Waals surface area contributed by atoms with Crippen LogP contribution < -0.4 is 10.2 Å². The van der Waals surface area contributed by atoms with Crippen LogP contribution in [0.4, 0.5) is 10.1 Å². The molecular formula is C18H20FN3O2S. The van der Waals surface area contributed by atoms with Crippen LogP contribution in [-0.2, 0) is 4.79 Å². The van der Waals surface area contributed by atoms with Gasteiger partial charge in [-0.05, 0) is 30.5 Å². The van der Waals surface area contributed by atoms with Gasteiger partial charge in [0.15, 0.2) is 0 Å². The highest BCUT2D eigenvalue weighted by Crippen LogP contribution is 2.20. The minimum atomic E-state index is -0.588. The number of amides is 2. The summed E-state index contributed by atoms with van der Waals surface area (Å²) in [5.41, 5.74) is 0.564. The Morgan fingerprint density at radius 1 is 1.12 bits per heavy atom. The van der Waals surface area contributed by atoms with Gasteiger partial charge in [-0.1, -0.05) is 18.2 Å². The van der Waals surface area contributed by atoms with Gasteiger partial charge in [-0.3, -0.25) is 9.59 Å². The number of nitrogens with one attached hydrogen (secondary N) is 1. The zero-order chi connectivity index (χ0) is 17.8. The van der Waals surface area contributed by atoms with Crippen LogP contribution in [0.3, 0.4) is 0 Å². The fourth-order valence-electron chi connectivity index (χ4n) is 2.89. The highest BCUT2D eigenvalue weighted by molar-refractivity contribution is 7.12. The summed E-state index contributed by atoms with van der Waals surface area (Å²) in [6.07, 6.45) is 0. The van der Waals surface area contributed by atoms with Gasteiger partial charge in [-0.15, -0.1) is 11.3 Å². The lowest BCUT2D eigenvalue weighted by molar-refractivity contribution is -0.133. The Morgan fingerprint density at radius 2 is 1.84 bits per heavy atom. The predicted octanol–water partition coefficient (Wildman–Crippen LogP) is 2.35. The van der Waals surface area contributed by atoms with Gasteiger partial charge >= 0.3 is 0 Å². The molecule has 1 aromatic carbocycles. The van der Waals surface area contributed by atoms with Crippen molar-refractivity contribution in [3.8, 4) is 0 Å². The van der Waals surface area contributed by atoms with Gasteiger partial charge in [0.1, 0.15) is 11.9 Å². The van der Waals surface area contributed by atoms with Crippen molar-refractivity contribution < 1.29 is 14.0 Å². The Labute approximate surface area is 150 Å². The number of anilines is 1. The Morgan fingerprint density at radius 3 is 2.48 bits per heavy atom. The lowest BCUT2D eigenvalue weighted by atomic mass is 10.2. The zero-order valence-electron chi connectivity index (χ0n) is 13.9. The molecule has 1 atom stereocenters. The van der Waals surface area contributed by atoms with E-state index in [4.69, 9.17) is 0 Å².